The molecule has 1 fully saturated rings. The minimum Gasteiger partial charge on any atom is -0.447 e. The van der Waals surface area contributed by atoms with E-state index in [4.69, 9.17) is 16.3 Å². The fraction of sp³-hybridized carbons (Fsp3) is 0.222. The van der Waals surface area contributed by atoms with Crippen molar-refractivity contribution in [1.29, 1.82) is 0 Å². The lowest BCUT2D eigenvalue weighted by Crippen LogP contribution is -2.18. The number of carbonyl (C=O) groups is 1. The van der Waals surface area contributed by atoms with E-state index in [1.54, 1.807) is 6.07 Å². The van der Waals surface area contributed by atoms with Crippen LogP contribution in [0, 0.1) is 5.82 Å². The number of carbonyl (C=O) groups excluding carboxylic acids is 1. The molecule has 1 saturated heterocycles. The Morgan fingerprint density at radius 1 is 1.57 bits per heavy atom. The number of hydrogen-bond acceptors (Lipinski definition) is 2. The zero-order valence-electron chi connectivity index (χ0n) is 7.09. The second-order valence-electron chi connectivity index (χ2n) is 2.97. The average Bonchev–Trinajstić information content (AvgIpc) is 2.57. The van der Waals surface area contributed by atoms with Crippen LogP contribution in [0.2, 0.25) is 5.02 Å². The molecule has 1 amide bonds. The topological polar surface area (TPSA) is 38.3 Å². The van der Waals surface area contributed by atoms with Gasteiger partial charge in [0, 0.05) is 0 Å². The van der Waals surface area contributed by atoms with E-state index >= 15 is 0 Å². The number of cyclic esters (lactones) is 1. The van der Waals surface area contributed by atoms with Gasteiger partial charge < -0.3 is 10.1 Å². The van der Waals surface area contributed by atoms with Gasteiger partial charge in [0.25, 0.3) is 0 Å². The summed E-state index contributed by atoms with van der Waals surface area (Å²) in [7, 11) is 0. The van der Waals surface area contributed by atoms with Crippen LogP contribution in [0.15, 0.2) is 18.2 Å². The van der Waals surface area contributed by atoms with Gasteiger partial charge >= 0.3 is 6.09 Å². The maximum atomic E-state index is 12.8. The van der Waals surface area contributed by atoms with Gasteiger partial charge in [-0.2, -0.15) is 0 Å². The quantitative estimate of drug-likeness (QED) is 0.781. The number of nitrogens with one attached hydrogen (secondary N) is 1. The fourth-order valence-corrected chi connectivity index (χ4v) is 1.48. The normalized spacial score (nSPS) is 20.4. The molecule has 0 radical (unpaired) electrons. The molecule has 3 nitrogen and oxygen atoms in total. The molecule has 1 aliphatic heterocycles. The van der Waals surface area contributed by atoms with Crippen molar-refractivity contribution >= 4 is 17.7 Å². The predicted molar refractivity (Wildman–Crippen MR) is 48.6 cm³/mol. The Morgan fingerprint density at radius 2 is 2.36 bits per heavy atom. The minimum atomic E-state index is -0.472. The summed E-state index contributed by atoms with van der Waals surface area (Å²) in [6.45, 7) is 0.251. The zero-order chi connectivity index (χ0) is 10.1. The molecule has 1 aromatic carbocycles. The highest BCUT2D eigenvalue weighted by Crippen LogP contribution is 2.23. The Hall–Kier alpha value is -1.29. The summed E-state index contributed by atoms with van der Waals surface area (Å²) in [6.07, 6.45) is -0.463. The highest BCUT2D eigenvalue weighted by atomic mass is 35.5. The highest BCUT2D eigenvalue weighted by Gasteiger charge is 2.24. The van der Waals surface area contributed by atoms with Crippen LogP contribution < -0.4 is 5.32 Å². The average molecular weight is 216 g/mol. The van der Waals surface area contributed by atoms with E-state index < -0.39 is 11.9 Å². The molecular formula is C9H7ClFNO2. The fourth-order valence-electron chi connectivity index (χ4n) is 1.29. The van der Waals surface area contributed by atoms with E-state index in [1.165, 1.54) is 12.1 Å². The van der Waals surface area contributed by atoms with Crippen LogP contribution in [-0.2, 0) is 4.74 Å². The van der Waals surface area contributed by atoms with Crippen LogP contribution in [0.4, 0.5) is 9.18 Å². The maximum Gasteiger partial charge on any atom is 0.407 e. The molecule has 0 bridgehead atoms. The summed E-state index contributed by atoms with van der Waals surface area (Å²) in [4.78, 5) is 10.7. The standard InChI is InChI=1S/C9H7ClFNO2/c10-6-3-5(1-2-7(6)11)8-4-14-9(13)12-8/h1-3,8H,4H2,(H,12,13). The van der Waals surface area contributed by atoms with E-state index in [0.717, 1.165) is 5.56 Å². The van der Waals surface area contributed by atoms with E-state index in [0.29, 0.717) is 0 Å². The predicted octanol–water partition coefficient (Wildman–Crippen LogP) is 2.26. The molecule has 14 heavy (non-hydrogen) atoms. The summed E-state index contributed by atoms with van der Waals surface area (Å²) in [5.74, 6) is -0.472. The monoisotopic (exact) mass is 215 g/mol. The first kappa shape index (κ1) is 9.27. The van der Waals surface area contributed by atoms with Crippen LogP contribution in [0.3, 0.4) is 0 Å². The zero-order valence-corrected chi connectivity index (χ0v) is 7.84. The molecule has 74 valence electrons. The van der Waals surface area contributed by atoms with Gasteiger partial charge in [-0.05, 0) is 17.7 Å². The molecule has 5 heteroatoms. The molecule has 1 aliphatic rings. The molecule has 0 aliphatic carbocycles. The third-order valence-electron chi connectivity index (χ3n) is 2.02. The van der Waals surface area contributed by atoms with Crippen molar-refractivity contribution in [2.75, 3.05) is 6.61 Å². The molecule has 1 atom stereocenters. The van der Waals surface area contributed by atoms with E-state index in [2.05, 4.69) is 5.32 Å². The van der Waals surface area contributed by atoms with Crippen LogP contribution in [-0.4, -0.2) is 12.7 Å². The number of rotatable bonds is 1. The van der Waals surface area contributed by atoms with Gasteiger partial charge in [0.1, 0.15) is 12.4 Å². The number of halogens is 2. The Balaban J connectivity index is 2.24. The van der Waals surface area contributed by atoms with Crippen molar-refractivity contribution in [3.8, 4) is 0 Å². The SMILES string of the molecule is O=C1NC(c2ccc(F)c(Cl)c2)CO1. The summed E-state index contributed by atoms with van der Waals surface area (Å²) >= 11 is 5.60. The third kappa shape index (κ3) is 1.65. The molecular weight excluding hydrogens is 209 g/mol. The molecule has 0 aromatic heterocycles. The van der Waals surface area contributed by atoms with Gasteiger partial charge in [-0.3, -0.25) is 0 Å². The minimum absolute atomic E-state index is 0.0450. The van der Waals surface area contributed by atoms with Crippen LogP contribution in [0.5, 0.6) is 0 Å². The number of alkyl carbamates (subject to hydrolysis) is 1. The number of amides is 1. The molecule has 1 aromatic rings. The van der Waals surface area contributed by atoms with Gasteiger partial charge in [-0.25, -0.2) is 9.18 Å². The van der Waals surface area contributed by atoms with Gasteiger partial charge in [-0.15, -0.1) is 0 Å². The summed E-state index contributed by atoms with van der Waals surface area (Å²) in [6, 6.07) is 4.08. The van der Waals surface area contributed by atoms with Crippen LogP contribution in [0.25, 0.3) is 0 Å². The number of hydrogen-bond donors (Lipinski definition) is 1. The Labute approximate surface area is 84.8 Å². The van der Waals surface area contributed by atoms with E-state index in [9.17, 15) is 9.18 Å². The summed E-state index contributed by atoms with van der Waals surface area (Å²) < 4.78 is 17.5. The van der Waals surface area contributed by atoms with Crippen molar-refractivity contribution < 1.29 is 13.9 Å². The first-order chi connectivity index (χ1) is 6.66. The first-order valence-electron chi connectivity index (χ1n) is 4.05. The lowest BCUT2D eigenvalue weighted by Gasteiger charge is -2.07. The van der Waals surface area contributed by atoms with Gasteiger partial charge in [0.2, 0.25) is 0 Å². The Kier molecular flexibility index (Phi) is 2.29. The van der Waals surface area contributed by atoms with E-state index in [1.807, 2.05) is 0 Å². The largest absolute Gasteiger partial charge is 0.447 e. The first-order valence-corrected chi connectivity index (χ1v) is 4.43. The van der Waals surface area contributed by atoms with Crippen molar-refractivity contribution in [3.05, 3.63) is 34.6 Å². The molecule has 1 heterocycles. The second-order valence-corrected chi connectivity index (χ2v) is 3.38. The number of benzene rings is 1. The lowest BCUT2D eigenvalue weighted by atomic mass is 10.1. The molecule has 1 N–H and O–H groups in total. The van der Waals surface area contributed by atoms with E-state index in [-0.39, 0.29) is 17.7 Å². The van der Waals surface area contributed by atoms with Gasteiger partial charge in [0.15, 0.2) is 0 Å². The third-order valence-corrected chi connectivity index (χ3v) is 2.31. The molecule has 2 rings (SSSR count). The lowest BCUT2D eigenvalue weighted by molar-refractivity contribution is 0.177. The van der Waals surface area contributed by atoms with Crippen molar-refractivity contribution in [2.24, 2.45) is 0 Å². The van der Waals surface area contributed by atoms with Crippen molar-refractivity contribution in [2.45, 2.75) is 6.04 Å². The molecule has 1 unspecified atom stereocenters. The van der Waals surface area contributed by atoms with Crippen LogP contribution >= 0.6 is 11.6 Å². The highest BCUT2D eigenvalue weighted by molar-refractivity contribution is 6.30. The number of ether oxygens (including phenoxy) is 1. The maximum absolute atomic E-state index is 12.8. The Bertz CT molecular complexity index is 383. The summed E-state index contributed by atoms with van der Waals surface area (Å²) in [5, 5.41) is 2.62. The summed E-state index contributed by atoms with van der Waals surface area (Å²) in [5.41, 5.74) is 0.738. The van der Waals surface area contributed by atoms with Crippen LogP contribution in [0.1, 0.15) is 11.6 Å². The molecule has 0 saturated carbocycles. The second kappa shape index (κ2) is 3.46. The molecule has 0 spiro atoms. The Morgan fingerprint density at radius 3 is 2.93 bits per heavy atom. The van der Waals surface area contributed by atoms with Crippen molar-refractivity contribution in [3.63, 3.8) is 0 Å². The van der Waals surface area contributed by atoms with Crippen molar-refractivity contribution in [1.82, 2.24) is 5.32 Å². The van der Waals surface area contributed by atoms with Gasteiger partial charge in [0.05, 0.1) is 11.1 Å². The van der Waals surface area contributed by atoms with Gasteiger partial charge in [-0.1, -0.05) is 17.7 Å². The smallest absolute Gasteiger partial charge is 0.407 e.